The number of amides is 1. The largest absolute Gasteiger partial charge is 0.497 e. The highest BCUT2D eigenvalue weighted by atomic mass is 35.5. The molecule has 0 fully saturated rings. The summed E-state index contributed by atoms with van der Waals surface area (Å²) in [5.74, 6) is -0.346. The van der Waals surface area contributed by atoms with Gasteiger partial charge in [0.05, 0.1) is 17.8 Å². The quantitative estimate of drug-likeness (QED) is 0.627. The average molecular weight is 360 g/mol. The Balaban J connectivity index is 1.89. The van der Waals surface area contributed by atoms with Gasteiger partial charge in [0.15, 0.2) is 6.10 Å². The second-order valence-corrected chi connectivity index (χ2v) is 5.56. The monoisotopic (exact) mass is 359 g/mol. The molecule has 1 atom stereocenters. The van der Waals surface area contributed by atoms with E-state index in [2.05, 4.69) is 5.32 Å². The maximum Gasteiger partial charge on any atom is 0.331 e. The second-order valence-electron chi connectivity index (χ2n) is 5.15. The molecular weight excluding hydrogens is 342 g/mol. The number of methoxy groups -OCH3 is 1. The van der Waals surface area contributed by atoms with E-state index in [0.717, 1.165) is 11.3 Å². The summed E-state index contributed by atoms with van der Waals surface area (Å²) in [6.45, 7) is 1.49. The van der Waals surface area contributed by atoms with Crippen LogP contribution in [0.25, 0.3) is 6.08 Å². The van der Waals surface area contributed by atoms with Crippen LogP contribution in [0.3, 0.4) is 0 Å². The van der Waals surface area contributed by atoms with Crippen molar-refractivity contribution in [3.8, 4) is 5.75 Å². The Morgan fingerprint density at radius 3 is 2.44 bits per heavy atom. The third-order valence-corrected chi connectivity index (χ3v) is 3.65. The molecule has 130 valence electrons. The Morgan fingerprint density at radius 1 is 1.12 bits per heavy atom. The summed E-state index contributed by atoms with van der Waals surface area (Å²) in [4.78, 5) is 23.9. The van der Waals surface area contributed by atoms with Crippen LogP contribution in [0, 0.1) is 0 Å². The summed E-state index contributed by atoms with van der Waals surface area (Å²) in [6, 6.07) is 14.0. The first-order valence-corrected chi connectivity index (χ1v) is 7.95. The van der Waals surface area contributed by atoms with E-state index in [1.165, 1.54) is 13.0 Å². The zero-order valence-corrected chi connectivity index (χ0v) is 14.6. The number of anilines is 1. The van der Waals surface area contributed by atoms with Crippen molar-refractivity contribution in [3.05, 3.63) is 65.2 Å². The van der Waals surface area contributed by atoms with Crippen LogP contribution in [-0.2, 0) is 14.3 Å². The molecule has 0 bridgehead atoms. The summed E-state index contributed by atoms with van der Waals surface area (Å²) in [5.41, 5.74) is 1.27. The summed E-state index contributed by atoms with van der Waals surface area (Å²) < 4.78 is 10.1. The fourth-order valence-corrected chi connectivity index (χ4v) is 2.13. The fraction of sp³-hybridized carbons (Fsp3) is 0.158. The Hall–Kier alpha value is -2.79. The van der Waals surface area contributed by atoms with Crippen LogP contribution in [-0.4, -0.2) is 25.1 Å². The van der Waals surface area contributed by atoms with Crippen LogP contribution >= 0.6 is 11.6 Å². The lowest BCUT2D eigenvalue weighted by atomic mass is 10.2. The molecule has 6 heteroatoms. The van der Waals surface area contributed by atoms with Gasteiger partial charge in [-0.3, -0.25) is 4.79 Å². The molecule has 0 saturated carbocycles. The van der Waals surface area contributed by atoms with Crippen LogP contribution in [0.15, 0.2) is 54.6 Å². The number of para-hydroxylation sites is 1. The molecule has 1 N–H and O–H groups in total. The molecule has 0 unspecified atom stereocenters. The minimum atomic E-state index is -0.954. The van der Waals surface area contributed by atoms with Gasteiger partial charge in [-0.1, -0.05) is 35.9 Å². The number of carbonyl (C=O) groups excluding carboxylic acids is 2. The molecule has 0 aliphatic carbocycles. The fourth-order valence-electron chi connectivity index (χ4n) is 1.94. The zero-order chi connectivity index (χ0) is 18.2. The second kappa shape index (κ2) is 8.89. The predicted molar refractivity (Wildman–Crippen MR) is 97.7 cm³/mol. The van der Waals surface area contributed by atoms with Crippen molar-refractivity contribution in [1.29, 1.82) is 0 Å². The topological polar surface area (TPSA) is 64.6 Å². The highest BCUT2D eigenvalue weighted by molar-refractivity contribution is 6.33. The van der Waals surface area contributed by atoms with Crippen molar-refractivity contribution < 1.29 is 19.1 Å². The molecule has 0 heterocycles. The third kappa shape index (κ3) is 5.65. The number of hydrogen-bond acceptors (Lipinski definition) is 4. The summed E-state index contributed by atoms with van der Waals surface area (Å²) in [6.07, 6.45) is 1.91. The van der Waals surface area contributed by atoms with Crippen LogP contribution in [0.1, 0.15) is 12.5 Å². The van der Waals surface area contributed by atoms with E-state index >= 15 is 0 Å². The zero-order valence-electron chi connectivity index (χ0n) is 13.9. The van der Waals surface area contributed by atoms with Crippen LogP contribution in [0.4, 0.5) is 5.69 Å². The van der Waals surface area contributed by atoms with Crippen molar-refractivity contribution in [1.82, 2.24) is 0 Å². The molecule has 0 aliphatic rings. The van der Waals surface area contributed by atoms with Gasteiger partial charge in [-0.25, -0.2) is 4.79 Å². The number of carbonyl (C=O) groups is 2. The van der Waals surface area contributed by atoms with Crippen LogP contribution < -0.4 is 10.1 Å². The number of halogens is 1. The van der Waals surface area contributed by atoms with Crippen molar-refractivity contribution >= 4 is 35.2 Å². The third-order valence-electron chi connectivity index (χ3n) is 3.32. The number of nitrogens with one attached hydrogen (secondary N) is 1. The number of hydrogen-bond donors (Lipinski definition) is 1. The normalized spacial score (nSPS) is 11.8. The lowest BCUT2D eigenvalue weighted by Gasteiger charge is -2.13. The number of benzene rings is 2. The molecular formula is C19H18ClNO4. The van der Waals surface area contributed by atoms with Gasteiger partial charge in [0.1, 0.15) is 5.75 Å². The minimum absolute atomic E-state index is 0.411. The molecule has 2 rings (SSSR count). The highest BCUT2D eigenvalue weighted by Gasteiger charge is 2.17. The maximum absolute atomic E-state index is 12.1. The molecule has 0 aromatic heterocycles. The first-order chi connectivity index (χ1) is 12.0. The smallest absolute Gasteiger partial charge is 0.331 e. The number of ether oxygens (including phenoxy) is 2. The van der Waals surface area contributed by atoms with E-state index in [1.807, 2.05) is 0 Å². The average Bonchev–Trinajstić information content (AvgIpc) is 2.62. The molecule has 2 aromatic rings. The molecule has 1 amide bonds. The number of esters is 1. The van der Waals surface area contributed by atoms with Gasteiger partial charge in [-0.15, -0.1) is 0 Å². The Bertz CT molecular complexity index is 771. The van der Waals surface area contributed by atoms with Gasteiger partial charge in [0, 0.05) is 6.08 Å². The Morgan fingerprint density at radius 2 is 1.80 bits per heavy atom. The van der Waals surface area contributed by atoms with Crippen molar-refractivity contribution in [2.45, 2.75) is 13.0 Å². The van der Waals surface area contributed by atoms with Gasteiger partial charge >= 0.3 is 5.97 Å². The van der Waals surface area contributed by atoms with E-state index in [1.54, 1.807) is 61.7 Å². The van der Waals surface area contributed by atoms with E-state index in [4.69, 9.17) is 21.1 Å². The summed E-state index contributed by atoms with van der Waals surface area (Å²) >= 11 is 5.98. The Labute approximate surface area is 151 Å². The molecule has 5 nitrogen and oxygen atoms in total. The van der Waals surface area contributed by atoms with E-state index in [-0.39, 0.29) is 0 Å². The molecule has 0 saturated heterocycles. The molecule has 0 aliphatic heterocycles. The molecule has 25 heavy (non-hydrogen) atoms. The molecule has 0 spiro atoms. The SMILES string of the molecule is COc1ccc(/C=C/C(=O)O[C@H](C)C(=O)Nc2ccccc2Cl)cc1. The van der Waals surface area contributed by atoms with Crippen molar-refractivity contribution in [2.75, 3.05) is 12.4 Å². The van der Waals surface area contributed by atoms with Crippen LogP contribution in [0.2, 0.25) is 5.02 Å². The van der Waals surface area contributed by atoms with Gasteiger partial charge in [0.25, 0.3) is 5.91 Å². The van der Waals surface area contributed by atoms with Crippen LogP contribution in [0.5, 0.6) is 5.75 Å². The maximum atomic E-state index is 12.1. The van der Waals surface area contributed by atoms with E-state index in [9.17, 15) is 9.59 Å². The lowest BCUT2D eigenvalue weighted by molar-refractivity contribution is -0.148. The molecule has 2 aromatic carbocycles. The molecule has 0 radical (unpaired) electrons. The van der Waals surface area contributed by atoms with E-state index in [0.29, 0.717) is 10.7 Å². The van der Waals surface area contributed by atoms with Gasteiger partial charge in [-0.2, -0.15) is 0 Å². The standard InChI is InChI=1S/C19H18ClNO4/c1-13(19(23)21-17-6-4-3-5-16(17)20)25-18(22)12-9-14-7-10-15(24-2)11-8-14/h3-13H,1-2H3,(H,21,23)/b12-9+/t13-/m1/s1. The first-order valence-electron chi connectivity index (χ1n) is 7.57. The minimum Gasteiger partial charge on any atom is -0.497 e. The lowest BCUT2D eigenvalue weighted by Crippen LogP contribution is -2.29. The van der Waals surface area contributed by atoms with E-state index < -0.39 is 18.0 Å². The van der Waals surface area contributed by atoms with Crippen molar-refractivity contribution in [3.63, 3.8) is 0 Å². The summed E-state index contributed by atoms with van der Waals surface area (Å²) in [7, 11) is 1.58. The van der Waals surface area contributed by atoms with Gasteiger partial charge < -0.3 is 14.8 Å². The number of rotatable bonds is 6. The van der Waals surface area contributed by atoms with Crippen molar-refractivity contribution in [2.24, 2.45) is 0 Å². The summed E-state index contributed by atoms with van der Waals surface area (Å²) in [5, 5.41) is 3.03. The first kappa shape index (κ1) is 18.5. The van der Waals surface area contributed by atoms with Gasteiger partial charge in [-0.05, 0) is 42.8 Å². The Kier molecular flexibility index (Phi) is 6.60. The van der Waals surface area contributed by atoms with Gasteiger partial charge in [0.2, 0.25) is 0 Å². The predicted octanol–water partition coefficient (Wildman–Crippen LogP) is 3.93. The highest BCUT2D eigenvalue weighted by Crippen LogP contribution is 2.20.